The SMILES string of the molecule is C[C@H](Oc1ccc(S(=O)(=O)N2c3ccccc3C[C@H]2C)cc1)C(=O)NC1CCCCC1. The first kappa shape index (κ1) is 21.7. The Bertz CT molecular complexity index is 1030. The predicted octanol–water partition coefficient (Wildman–Crippen LogP) is 4.04. The average Bonchev–Trinajstić information content (AvgIpc) is 3.11. The van der Waals surface area contributed by atoms with Crippen molar-refractivity contribution in [2.24, 2.45) is 0 Å². The van der Waals surface area contributed by atoms with Gasteiger partial charge in [-0.2, -0.15) is 0 Å². The Morgan fingerprint density at radius 2 is 1.74 bits per heavy atom. The van der Waals surface area contributed by atoms with Crippen molar-refractivity contribution in [2.45, 2.75) is 75.5 Å². The van der Waals surface area contributed by atoms with Gasteiger partial charge in [-0.15, -0.1) is 0 Å². The maximum Gasteiger partial charge on any atom is 0.264 e. The number of para-hydroxylation sites is 1. The molecule has 31 heavy (non-hydrogen) atoms. The second kappa shape index (κ2) is 8.91. The monoisotopic (exact) mass is 442 g/mol. The Kier molecular flexibility index (Phi) is 6.23. The van der Waals surface area contributed by atoms with E-state index in [-0.39, 0.29) is 22.9 Å². The highest BCUT2D eigenvalue weighted by Crippen LogP contribution is 2.36. The highest BCUT2D eigenvalue weighted by Gasteiger charge is 2.35. The van der Waals surface area contributed by atoms with E-state index in [2.05, 4.69) is 5.32 Å². The summed E-state index contributed by atoms with van der Waals surface area (Å²) in [7, 11) is -3.68. The number of benzene rings is 2. The lowest BCUT2D eigenvalue weighted by Crippen LogP contribution is -2.43. The first-order chi connectivity index (χ1) is 14.9. The van der Waals surface area contributed by atoms with Gasteiger partial charge >= 0.3 is 0 Å². The zero-order chi connectivity index (χ0) is 22.0. The van der Waals surface area contributed by atoms with E-state index in [9.17, 15) is 13.2 Å². The maximum atomic E-state index is 13.3. The Balaban J connectivity index is 1.43. The van der Waals surface area contributed by atoms with E-state index < -0.39 is 16.1 Å². The van der Waals surface area contributed by atoms with Crippen molar-refractivity contribution in [3.8, 4) is 5.75 Å². The number of sulfonamides is 1. The molecule has 2 aliphatic rings. The van der Waals surface area contributed by atoms with E-state index in [4.69, 9.17) is 4.74 Å². The fraction of sp³-hybridized carbons (Fsp3) is 0.458. The van der Waals surface area contributed by atoms with Gasteiger partial charge in [0.05, 0.1) is 10.6 Å². The molecule has 2 atom stereocenters. The summed E-state index contributed by atoms with van der Waals surface area (Å²) < 4.78 is 33.8. The molecular formula is C24H30N2O4S. The summed E-state index contributed by atoms with van der Waals surface area (Å²) in [6, 6.07) is 14.0. The number of carbonyl (C=O) groups excluding carboxylic acids is 1. The second-order valence-corrected chi connectivity index (χ2v) is 10.4. The van der Waals surface area contributed by atoms with Crippen molar-refractivity contribution < 1.29 is 17.9 Å². The molecule has 0 saturated heterocycles. The van der Waals surface area contributed by atoms with Crippen molar-refractivity contribution in [3.05, 3.63) is 54.1 Å². The number of nitrogens with one attached hydrogen (secondary N) is 1. The standard InChI is InChI=1S/C24H30N2O4S/c1-17-16-19-8-6-7-11-23(19)26(17)31(28,29)22-14-12-21(13-15-22)30-18(2)24(27)25-20-9-4-3-5-10-20/h6-8,11-15,17-18,20H,3-5,9-10,16H2,1-2H3,(H,25,27)/t17-,18+/m1/s1. The fourth-order valence-corrected chi connectivity index (χ4v) is 6.22. The number of hydrogen-bond acceptors (Lipinski definition) is 4. The van der Waals surface area contributed by atoms with Crippen LogP contribution in [0.2, 0.25) is 0 Å². The molecule has 6 nitrogen and oxygen atoms in total. The summed E-state index contributed by atoms with van der Waals surface area (Å²) >= 11 is 0. The highest BCUT2D eigenvalue weighted by atomic mass is 32.2. The number of fused-ring (bicyclic) bond motifs is 1. The van der Waals surface area contributed by atoms with Crippen LogP contribution in [0.15, 0.2) is 53.4 Å². The summed E-state index contributed by atoms with van der Waals surface area (Å²) in [5.41, 5.74) is 1.78. The normalized spacial score (nSPS) is 20.2. The van der Waals surface area contributed by atoms with Gasteiger partial charge in [0.1, 0.15) is 5.75 Å². The lowest BCUT2D eigenvalue weighted by Gasteiger charge is -2.25. The maximum absolute atomic E-state index is 13.3. The van der Waals surface area contributed by atoms with Crippen molar-refractivity contribution in [3.63, 3.8) is 0 Å². The summed E-state index contributed by atoms with van der Waals surface area (Å²) in [6.45, 7) is 3.63. The molecule has 1 fully saturated rings. The Morgan fingerprint density at radius 1 is 1.06 bits per heavy atom. The zero-order valence-corrected chi connectivity index (χ0v) is 18.9. The van der Waals surface area contributed by atoms with E-state index in [1.165, 1.54) is 10.7 Å². The number of amides is 1. The minimum absolute atomic E-state index is 0.133. The smallest absolute Gasteiger partial charge is 0.264 e. The number of hydrogen-bond donors (Lipinski definition) is 1. The number of ether oxygens (including phenoxy) is 1. The zero-order valence-electron chi connectivity index (χ0n) is 18.1. The largest absolute Gasteiger partial charge is 0.481 e. The lowest BCUT2D eigenvalue weighted by molar-refractivity contribution is -0.128. The molecule has 1 saturated carbocycles. The van der Waals surface area contributed by atoms with Gasteiger partial charge in [-0.05, 0) is 69.0 Å². The molecule has 7 heteroatoms. The molecular weight excluding hydrogens is 412 g/mol. The summed E-state index contributed by atoms with van der Waals surface area (Å²) in [5, 5.41) is 3.06. The number of anilines is 1. The summed E-state index contributed by atoms with van der Waals surface area (Å²) in [6.07, 6.45) is 5.62. The van der Waals surface area contributed by atoms with Gasteiger partial charge < -0.3 is 10.1 Å². The van der Waals surface area contributed by atoms with Crippen LogP contribution >= 0.6 is 0 Å². The van der Waals surface area contributed by atoms with Crippen LogP contribution in [0.25, 0.3) is 0 Å². The molecule has 0 spiro atoms. The molecule has 1 amide bonds. The first-order valence-corrected chi connectivity index (χ1v) is 12.5. The van der Waals surface area contributed by atoms with Crippen LogP contribution in [0.5, 0.6) is 5.75 Å². The van der Waals surface area contributed by atoms with Crippen LogP contribution in [0, 0.1) is 0 Å². The fourth-order valence-electron chi connectivity index (χ4n) is 4.53. The van der Waals surface area contributed by atoms with E-state index in [1.54, 1.807) is 31.2 Å². The molecule has 0 aromatic heterocycles. The van der Waals surface area contributed by atoms with Gasteiger partial charge in [0, 0.05) is 12.1 Å². The molecule has 1 aliphatic carbocycles. The topological polar surface area (TPSA) is 75.7 Å². The van der Waals surface area contributed by atoms with Gasteiger partial charge in [0.25, 0.3) is 15.9 Å². The van der Waals surface area contributed by atoms with E-state index in [1.807, 2.05) is 31.2 Å². The average molecular weight is 443 g/mol. The molecule has 2 aromatic carbocycles. The number of nitrogens with zero attached hydrogens (tertiary/aromatic N) is 1. The molecule has 2 aromatic rings. The third-order valence-corrected chi connectivity index (χ3v) is 8.10. The highest BCUT2D eigenvalue weighted by molar-refractivity contribution is 7.92. The van der Waals surface area contributed by atoms with Crippen molar-refractivity contribution in [1.82, 2.24) is 5.32 Å². The Morgan fingerprint density at radius 3 is 2.45 bits per heavy atom. The number of rotatable bonds is 6. The van der Waals surface area contributed by atoms with Gasteiger partial charge in [-0.25, -0.2) is 8.42 Å². The van der Waals surface area contributed by atoms with Crippen LogP contribution in [-0.4, -0.2) is 32.5 Å². The predicted molar refractivity (Wildman–Crippen MR) is 121 cm³/mol. The minimum Gasteiger partial charge on any atom is -0.481 e. The van der Waals surface area contributed by atoms with Crippen LogP contribution in [0.3, 0.4) is 0 Å². The van der Waals surface area contributed by atoms with Crippen LogP contribution in [0.4, 0.5) is 5.69 Å². The van der Waals surface area contributed by atoms with Crippen LogP contribution in [0.1, 0.15) is 51.5 Å². The van der Waals surface area contributed by atoms with Crippen molar-refractivity contribution >= 4 is 21.6 Å². The third kappa shape index (κ3) is 4.56. The molecule has 0 unspecified atom stereocenters. The molecule has 0 radical (unpaired) electrons. The van der Waals surface area contributed by atoms with Gasteiger partial charge in [-0.3, -0.25) is 9.10 Å². The van der Waals surface area contributed by atoms with Gasteiger partial charge in [0.2, 0.25) is 0 Å². The first-order valence-electron chi connectivity index (χ1n) is 11.1. The third-order valence-electron chi connectivity index (χ3n) is 6.16. The Hall–Kier alpha value is -2.54. The van der Waals surface area contributed by atoms with Crippen LogP contribution < -0.4 is 14.4 Å². The summed E-state index contributed by atoms with van der Waals surface area (Å²) in [5.74, 6) is 0.339. The van der Waals surface area contributed by atoms with Gasteiger partial charge in [0.15, 0.2) is 6.10 Å². The molecule has 1 N–H and O–H groups in total. The second-order valence-electron chi connectivity index (χ2n) is 8.56. The molecule has 1 heterocycles. The molecule has 4 rings (SSSR count). The van der Waals surface area contributed by atoms with E-state index >= 15 is 0 Å². The minimum atomic E-state index is -3.68. The summed E-state index contributed by atoms with van der Waals surface area (Å²) in [4.78, 5) is 12.6. The van der Waals surface area contributed by atoms with Gasteiger partial charge in [-0.1, -0.05) is 37.5 Å². The van der Waals surface area contributed by atoms with Crippen LogP contribution in [-0.2, 0) is 21.2 Å². The van der Waals surface area contributed by atoms with E-state index in [0.717, 1.165) is 36.9 Å². The Labute approximate surface area is 184 Å². The van der Waals surface area contributed by atoms with E-state index in [0.29, 0.717) is 12.2 Å². The lowest BCUT2D eigenvalue weighted by atomic mass is 9.95. The van der Waals surface area contributed by atoms with Crippen molar-refractivity contribution in [2.75, 3.05) is 4.31 Å². The van der Waals surface area contributed by atoms with Crippen molar-refractivity contribution in [1.29, 1.82) is 0 Å². The quantitative estimate of drug-likeness (QED) is 0.733. The number of carbonyl (C=O) groups is 1. The molecule has 0 bridgehead atoms. The molecule has 1 aliphatic heterocycles. The molecule has 166 valence electrons.